The Labute approximate surface area is 150 Å². The average Bonchev–Trinajstić information content (AvgIpc) is 3.42. The van der Waals surface area contributed by atoms with Gasteiger partial charge in [0.15, 0.2) is 0 Å². The fraction of sp³-hybridized carbons (Fsp3) is 0.316. The van der Waals surface area contributed by atoms with Crippen molar-refractivity contribution >= 4 is 17.2 Å². The van der Waals surface area contributed by atoms with E-state index in [2.05, 4.69) is 15.5 Å². The molecule has 1 aliphatic carbocycles. The van der Waals surface area contributed by atoms with Gasteiger partial charge in [0.1, 0.15) is 0 Å². The standard InChI is InChI=1S/C19H19N3O2S/c23-18(19(10-4-5-11-19)14-7-2-1-3-8-14)20-13-16-21-22-17(24-16)15-9-6-12-25-15/h1-3,6-9,12H,4-5,10-11,13H2,(H,20,23). The van der Waals surface area contributed by atoms with Crippen molar-refractivity contribution in [3.8, 4) is 10.8 Å². The van der Waals surface area contributed by atoms with E-state index in [0.717, 1.165) is 36.1 Å². The molecule has 3 aromatic rings. The number of rotatable bonds is 5. The number of hydrogen-bond donors (Lipinski definition) is 1. The van der Waals surface area contributed by atoms with Crippen LogP contribution in [-0.4, -0.2) is 16.1 Å². The molecular weight excluding hydrogens is 334 g/mol. The van der Waals surface area contributed by atoms with E-state index in [0.29, 0.717) is 11.8 Å². The number of carbonyl (C=O) groups excluding carboxylic acids is 1. The van der Waals surface area contributed by atoms with E-state index in [4.69, 9.17) is 4.42 Å². The van der Waals surface area contributed by atoms with Crippen LogP contribution in [0.3, 0.4) is 0 Å². The van der Waals surface area contributed by atoms with Gasteiger partial charge in [-0.3, -0.25) is 4.79 Å². The van der Waals surface area contributed by atoms with E-state index in [-0.39, 0.29) is 12.5 Å². The Morgan fingerprint density at radius 2 is 1.92 bits per heavy atom. The van der Waals surface area contributed by atoms with Crippen LogP contribution in [0.2, 0.25) is 0 Å². The molecule has 2 aromatic heterocycles. The second kappa shape index (κ2) is 6.80. The van der Waals surface area contributed by atoms with Gasteiger partial charge in [0.25, 0.3) is 5.89 Å². The first kappa shape index (κ1) is 16.0. The Balaban J connectivity index is 1.48. The molecule has 0 spiro atoms. The Morgan fingerprint density at radius 1 is 1.12 bits per heavy atom. The maximum absolute atomic E-state index is 13.0. The summed E-state index contributed by atoms with van der Waals surface area (Å²) < 4.78 is 5.65. The SMILES string of the molecule is O=C(NCc1nnc(-c2cccs2)o1)C1(c2ccccc2)CCCC1. The fourth-order valence-electron chi connectivity index (χ4n) is 3.53. The lowest BCUT2D eigenvalue weighted by atomic mass is 9.78. The lowest BCUT2D eigenvalue weighted by molar-refractivity contribution is -0.126. The molecule has 0 bridgehead atoms. The number of thiophene rings is 1. The topological polar surface area (TPSA) is 68.0 Å². The van der Waals surface area contributed by atoms with Gasteiger partial charge < -0.3 is 9.73 Å². The van der Waals surface area contributed by atoms with E-state index >= 15 is 0 Å². The summed E-state index contributed by atoms with van der Waals surface area (Å²) in [7, 11) is 0. The molecule has 1 saturated carbocycles. The molecule has 0 saturated heterocycles. The molecule has 1 aliphatic rings. The van der Waals surface area contributed by atoms with Gasteiger partial charge in [-0.05, 0) is 29.9 Å². The van der Waals surface area contributed by atoms with Crippen molar-refractivity contribution in [2.75, 3.05) is 0 Å². The van der Waals surface area contributed by atoms with Gasteiger partial charge in [0.05, 0.1) is 16.8 Å². The third-order valence-corrected chi connectivity index (χ3v) is 5.67. The second-order valence-corrected chi connectivity index (χ2v) is 7.26. The minimum Gasteiger partial charge on any atom is -0.418 e. The van der Waals surface area contributed by atoms with Crippen molar-refractivity contribution in [2.24, 2.45) is 0 Å². The van der Waals surface area contributed by atoms with Crippen molar-refractivity contribution < 1.29 is 9.21 Å². The maximum atomic E-state index is 13.0. The zero-order chi connectivity index (χ0) is 17.1. The third-order valence-electron chi connectivity index (χ3n) is 4.82. The highest BCUT2D eigenvalue weighted by atomic mass is 32.1. The highest BCUT2D eigenvalue weighted by Gasteiger charge is 2.42. The Morgan fingerprint density at radius 3 is 2.64 bits per heavy atom. The van der Waals surface area contributed by atoms with Crippen molar-refractivity contribution in [1.29, 1.82) is 0 Å². The molecule has 6 heteroatoms. The number of nitrogens with one attached hydrogen (secondary N) is 1. The maximum Gasteiger partial charge on any atom is 0.257 e. The summed E-state index contributed by atoms with van der Waals surface area (Å²) in [5.74, 6) is 0.975. The number of nitrogens with zero attached hydrogens (tertiary/aromatic N) is 2. The van der Waals surface area contributed by atoms with Gasteiger partial charge >= 0.3 is 0 Å². The van der Waals surface area contributed by atoms with Gasteiger partial charge in [-0.25, -0.2) is 0 Å². The molecule has 0 atom stereocenters. The molecule has 1 aromatic carbocycles. The minimum atomic E-state index is -0.433. The van der Waals surface area contributed by atoms with Crippen molar-refractivity contribution in [3.05, 3.63) is 59.3 Å². The zero-order valence-corrected chi connectivity index (χ0v) is 14.6. The molecule has 4 rings (SSSR count). The first-order valence-electron chi connectivity index (χ1n) is 8.48. The molecular formula is C19H19N3O2S. The zero-order valence-electron chi connectivity index (χ0n) is 13.8. The monoisotopic (exact) mass is 353 g/mol. The number of hydrogen-bond acceptors (Lipinski definition) is 5. The van der Waals surface area contributed by atoms with E-state index in [1.807, 2.05) is 47.8 Å². The van der Waals surface area contributed by atoms with Crippen molar-refractivity contribution in [2.45, 2.75) is 37.6 Å². The van der Waals surface area contributed by atoms with Crippen LogP contribution in [0.4, 0.5) is 0 Å². The largest absolute Gasteiger partial charge is 0.418 e. The van der Waals surface area contributed by atoms with Gasteiger partial charge in [-0.1, -0.05) is 49.2 Å². The molecule has 0 aliphatic heterocycles. The van der Waals surface area contributed by atoms with Crippen LogP contribution < -0.4 is 5.32 Å². The number of amides is 1. The summed E-state index contributed by atoms with van der Waals surface area (Å²) in [4.78, 5) is 13.9. The number of benzene rings is 1. The van der Waals surface area contributed by atoms with Crippen molar-refractivity contribution in [1.82, 2.24) is 15.5 Å². The van der Waals surface area contributed by atoms with Gasteiger partial charge in [0.2, 0.25) is 11.8 Å². The van der Waals surface area contributed by atoms with Crippen LogP contribution in [0, 0.1) is 0 Å². The first-order chi connectivity index (χ1) is 12.3. The smallest absolute Gasteiger partial charge is 0.257 e. The molecule has 1 N–H and O–H groups in total. The summed E-state index contributed by atoms with van der Waals surface area (Å²) in [6, 6.07) is 13.9. The summed E-state index contributed by atoms with van der Waals surface area (Å²) in [6.07, 6.45) is 3.91. The molecule has 2 heterocycles. The highest BCUT2D eigenvalue weighted by Crippen LogP contribution is 2.41. The average molecular weight is 353 g/mol. The fourth-order valence-corrected chi connectivity index (χ4v) is 4.18. The number of carbonyl (C=O) groups is 1. The first-order valence-corrected chi connectivity index (χ1v) is 9.36. The van der Waals surface area contributed by atoms with Crippen LogP contribution in [0.25, 0.3) is 10.8 Å². The van der Waals surface area contributed by atoms with E-state index in [9.17, 15) is 4.79 Å². The Bertz CT molecular complexity index is 837. The summed E-state index contributed by atoms with van der Waals surface area (Å²) in [5.41, 5.74) is 0.660. The highest BCUT2D eigenvalue weighted by molar-refractivity contribution is 7.13. The molecule has 128 valence electrons. The van der Waals surface area contributed by atoms with Crippen LogP contribution in [0.5, 0.6) is 0 Å². The molecule has 5 nitrogen and oxygen atoms in total. The molecule has 1 fully saturated rings. The molecule has 0 radical (unpaired) electrons. The van der Waals surface area contributed by atoms with E-state index in [1.165, 1.54) is 0 Å². The molecule has 25 heavy (non-hydrogen) atoms. The lowest BCUT2D eigenvalue weighted by Crippen LogP contribution is -2.42. The second-order valence-electron chi connectivity index (χ2n) is 6.32. The van der Waals surface area contributed by atoms with E-state index in [1.54, 1.807) is 11.3 Å². The minimum absolute atomic E-state index is 0.0482. The predicted molar refractivity (Wildman–Crippen MR) is 96.0 cm³/mol. The van der Waals surface area contributed by atoms with Crippen molar-refractivity contribution in [3.63, 3.8) is 0 Å². The lowest BCUT2D eigenvalue weighted by Gasteiger charge is -2.28. The van der Waals surface area contributed by atoms with Crippen LogP contribution in [0.1, 0.15) is 37.1 Å². The molecule has 1 amide bonds. The summed E-state index contributed by atoms with van der Waals surface area (Å²) >= 11 is 1.55. The summed E-state index contributed by atoms with van der Waals surface area (Å²) in [6.45, 7) is 0.256. The quantitative estimate of drug-likeness (QED) is 0.755. The predicted octanol–water partition coefficient (Wildman–Crippen LogP) is 3.93. The van der Waals surface area contributed by atoms with E-state index < -0.39 is 5.41 Å². The Kier molecular flexibility index (Phi) is 4.36. The Hall–Kier alpha value is -2.47. The third kappa shape index (κ3) is 3.09. The summed E-state index contributed by atoms with van der Waals surface area (Å²) in [5, 5.41) is 13.1. The van der Waals surface area contributed by atoms with Crippen LogP contribution in [0.15, 0.2) is 52.3 Å². The normalized spacial score (nSPS) is 16.0. The van der Waals surface area contributed by atoms with Gasteiger partial charge in [-0.15, -0.1) is 21.5 Å². The number of aromatic nitrogens is 2. The van der Waals surface area contributed by atoms with Gasteiger partial charge in [-0.2, -0.15) is 0 Å². The molecule has 0 unspecified atom stereocenters. The van der Waals surface area contributed by atoms with Crippen LogP contribution in [-0.2, 0) is 16.8 Å². The van der Waals surface area contributed by atoms with Crippen LogP contribution >= 0.6 is 11.3 Å². The van der Waals surface area contributed by atoms with Gasteiger partial charge in [0, 0.05) is 0 Å².